The summed E-state index contributed by atoms with van der Waals surface area (Å²) in [5, 5.41) is 0. The van der Waals surface area contributed by atoms with Crippen molar-refractivity contribution in [1.29, 1.82) is 0 Å². The first kappa shape index (κ1) is 50.1. The molecule has 0 N–H and O–H groups in total. The molecular weight excluding hydrogens is 936 g/mol. The van der Waals surface area contributed by atoms with Crippen LogP contribution in [0, 0.1) is 6.92 Å². The second-order valence-corrected chi connectivity index (χ2v) is 25.9. The van der Waals surface area contributed by atoms with E-state index in [9.17, 15) is 0 Å². The van der Waals surface area contributed by atoms with E-state index in [1.54, 1.807) is 0 Å². The van der Waals surface area contributed by atoms with Gasteiger partial charge in [-0.25, -0.2) is 0 Å². The van der Waals surface area contributed by atoms with Gasteiger partial charge in [0.05, 0.1) is 11.4 Å². The van der Waals surface area contributed by atoms with Crippen LogP contribution in [0.2, 0.25) is 0 Å². The van der Waals surface area contributed by atoms with Gasteiger partial charge in [-0.3, -0.25) is 0 Å². The van der Waals surface area contributed by atoms with Crippen LogP contribution in [0.5, 0.6) is 11.5 Å². The van der Waals surface area contributed by atoms with Crippen molar-refractivity contribution in [2.45, 2.75) is 112 Å². The first-order valence-electron chi connectivity index (χ1n) is 27.6. The highest BCUT2D eigenvalue weighted by Crippen LogP contribution is 2.53. The van der Waals surface area contributed by atoms with E-state index in [4.69, 9.17) is 9.47 Å². The first-order valence-corrected chi connectivity index (χ1v) is 27.6. The van der Waals surface area contributed by atoms with E-state index in [0.717, 1.165) is 62.3 Å². The number of benzene rings is 9. The number of ether oxygens (including phenoxy) is 2. The summed E-state index contributed by atoms with van der Waals surface area (Å²) in [6, 6.07) is 69.4. The molecule has 0 unspecified atom stereocenters. The second kappa shape index (κ2) is 18.2. The van der Waals surface area contributed by atoms with Gasteiger partial charge in [0.15, 0.2) is 11.5 Å². The van der Waals surface area contributed by atoms with Gasteiger partial charge in [-0.2, -0.15) is 0 Å². The van der Waals surface area contributed by atoms with Crippen molar-refractivity contribution < 1.29 is 9.47 Å². The third-order valence-corrected chi connectivity index (χ3v) is 16.3. The summed E-state index contributed by atoms with van der Waals surface area (Å²) < 4.78 is 12.9. The van der Waals surface area contributed by atoms with E-state index in [1.165, 1.54) is 72.0 Å². The number of hydrogen-bond acceptors (Lipinski definition) is 4. The predicted octanol–water partition coefficient (Wildman–Crippen LogP) is 17.7. The zero-order chi connectivity index (χ0) is 53.9. The lowest BCUT2D eigenvalue weighted by Gasteiger charge is -2.45. The molecule has 0 bridgehead atoms. The summed E-state index contributed by atoms with van der Waals surface area (Å²) in [5.41, 5.74) is 26.2. The molecule has 12 rings (SSSR count). The van der Waals surface area contributed by atoms with Crippen molar-refractivity contribution in [3.63, 3.8) is 0 Å². The van der Waals surface area contributed by atoms with Crippen molar-refractivity contribution >= 4 is 57.2 Å². The van der Waals surface area contributed by atoms with Gasteiger partial charge < -0.3 is 19.3 Å². The Labute approximate surface area is 458 Å². The monoisotopic (exact) mass is 1010 g/mol. The van der Waals surface area contributed by atoms with Crippen LogP contribution in [0.4, 0.5) is 34.1 Å². The molecule has 9 aromatic carbocycles. The highest BCUT2D eigenvalue weighted by Gasteiger charge is 2.46. The first-order chi connectivity index (χ1) is 36.6. The Morgan fingerprint density at radius 1 is 0.377 bits per heavy atom. The van der Waals surface area contributed by atoms with Crippen LogP contribution >= 0.6 is 0 Å². The quantitative estimate of drug-likeness (QED) is 0.155. The zero-order valence-electron chi connectivity index (χ0n) is 47.3. The Hall–Kier alpha value is -7.76. The van der Waals surface area contributed by atoms with E-state index in [-0.39, 0.29) is 35.2 Å². The number of aryl methyl sites for hydroxylation is 1. The second-order valence-electron chi connectivity index (χ2n) is 25.9. The summed E-state index contributed by atoms with van der Waals surface area (Å²) in [6.45, 7) is 29.8. The molecule has 0 aliphatic carbocycles. The molecule has 5 heteroatoms. The van der Waals surface area contributed by atoms with E-state index in [0.29, 0.717) is 0 Å². The van der Waals surface area contributed by atoms with Crippen LogP contribution in [-0.2, 0) is 21.7 Å². The van der Waals surface area contributed by atoms with Crippen LogP contribution in [0.15, 0.2) is 182 Å². The molecular formula is C72H71BN2O2. The van der Waals surface area contributed by atoms with E-state index in [2.05, 4.69) is 282 Å². The molecule has 0 aromatic heterocycles. The van der Waals surface area contributed by atoms with Crippen LogP contribution in [0.3, 0.4) is 0 Å². The predicted molar refractivity (Wildman–Crippen MR) is 328 cm³/mol. The molecule has 77 heavy (non-hydrogen) atoms. The third-order valence-electron chi connectivity index (χ3n) is 16.3. The fraction of sp³-hybridized carbons (Fsp3) is 0.250. The van der Waals surface area contributed by atoms with Crippen LogP contribution in [-0.4, -0.2) is 13.5 Å². The zero-order valence-corrected chi connectivity index (χ0v) is 47.3. The summed E-state index contributed by atoms with van der Waals surface area (Å²) >= 11 is 0. The fourth-order valence-corrected chi connectivity index (χ4v) is 11.9. The number of hydrogen-bond donors (Lipinski definition) is 0. The van der Waals surface area contributed by atoms with Gasteiger partial charge in [-0.15, -0.1) is 0 Å². The third kappa shape index (κ3) is 8.92. The number of nitrogens with zero attached hydrogens (tertiary/aromatic N) is 2. The van der Waals surface area contributed by atoms with E-state index in [1.807, 2.05) is 0 Å². The molecule has 4 nitrogen and oxygen atoms in total. The molecule has 0 atom stereocenters. The molecule has 3 heterocycles. The van der Waals surface area contributed by atoms with Crippen molar-refractivity contribution in [2.75, 3.05) is 16.6 Å². The average molecular weight is 1010 g/mol. The number of anilines is 6. The summed E-state index contributed by atoms with van der Waals surface area (Å²) in [7, 11) is 0. The molecule has 0 amide bonds. The molecule has 0 fully saturated rings. The number of rotatable bonds is 6. The summed E-state index contributed by atoms with van der Waals surface area (Å²) in [5.74, 6) is 1.54. The maximum absolute atomic E-state index is 6.64. The Balaban J connectivity index is 1.16. The van der Waals surface area contributed by atoms with Gasteiger partial charge in [0.1, 0.15) is 0 Å². The highest BCUT2D eigenvalue weighted by molar-refractivity contribution is 7.00. The highest BCUT2D eigenvalue weighted by atomic mass is 16.7. The molecule has 384 valence electrons. The lowest BCUT2D eigenvalue weighted by molar-refractivity contribution is 0.174. The van der Waals surface area contributed by atoms with E-state index < -0.39 is 0 Å². The SMILES string of the molecule is Cc1cc2c3c(c1)N(c1ccc(C(C)(C)C)cc1-c1ccccc1)c1c(ccc4c1OCO4)B3c1ccc(-c3ccc(C(C)(C)C)cc3)cc1N2c1cc(-c2ccc(C(C)(C)C)cc2)cc(-c2ccc(C(C)(C)C)cc2)c1. The minimum absolute atomic E-state index is 0.0334. The van der Waals surface area contributed by atoms with Crippen molar-refractivity contribution in [1.82, 2.24) is 0 Å². The van der Waals surface area contributed by atoms with E-state index >= 15 is 0 Å². The molecule has 9 aromatic rings. The summed E-state index contributed by atoms with van der Waals surface area (Å²) in [6.07, 6.45) is 0. The lowest BCUT2D eigenvalue weighted by Crippen LogP contribution is -2.61. The topological polar surface area (TPSA) is 24.9 Å². The Bertz CT molecular complexity index is 3680. The van der Waals surface area contributed by atoms with Crippen molar-refractivity contribution in [3.8, 4) is 56.0 Å². The average Bonchev–Trinajstić information content (AvgIpc) is 3.99. The fourth-order valence-electron chi connectivity index (χ4n) is 11.9. The van der Waals surface area contributed by atoms with Crippen LogP contribution in [0.1, 0.15) is 111 Å². The van der Waals surface area contributed by atoms with Gasteiger partial charge in [-0.1, -0.05) is 210 Å². The molecule has 3 aliphatic heterocycles. The maximum atomic E-state index is 6.64. The van der Waals surface area contributed by atoms with Crippen LogP contribution in [0.25, 0.3) is 44.5 Å². The van der Waals surface area contributed by atoms with Gasteiger partial charge in [0, 0.05) is 28.3 Å². The standard InChI is InChI=1S/C72H71BN2O2/c1-45-37-63-66-64(38-45)75(61-35-32-56(72(11,12)13)43-58(61)49-17-15-14-16-18-49)67-60(34-36-65-68(67)77-44-76-65)73(66)59-33-25-50(46-19-26-53(27-20-46)69(2,3)4)42-62(59)74(63)57-40-51(47-21-28-54(29-22-47)70(5,6)7)39-52(41-57)48-23-30-55(31-24-48)71(8,9)10/h14-43H,44H2,1-13H3. The minimum Gasteiger partial charge on any atom is -0.454 e. The normalized spacial score (nSPS) is 13.9. The lowest BCUT2D eigenvalue weighted by atomic mass is 9.33. The van der Waals surface area contributed by atoms with Gasteiger partial charge in [0.2, 0.25) is 6.79 Å². The van der Waals surface area contributed by atoms with Gasteiger partial charge >= 0.3 is 0 Å². The van der Waals surface area contributed by atoms with Crippen LogP contribution < -0.4 is 35.7 Å². The maximum Gasteiger partial charge on any atom is 0.252 e. The largest absolute Gasteiger partial charge is 0.454 e. The molecule has 0 saturated heterocycles. The Morgan fingerprint density at radius 3 is 1.42 bits per heavy atom. The number of fused-ring (bicyclic) bond motifs is 6. The van der Waals surface area contributed by atoms with Crippen molar-refractivity contribution in [2.24, 2.45) is 0 Å². The molecule has 3 aliphatic rings. The minimum atomic E-state index is -0.128. The van der Waals surface area contributed by atoms with Gasteiger partial charge in [0.25, 0.3) is 6.71 Å². The summed E-state index contributed by atoms with van der Waals surface area (Å²) in [4.78, 5) is 5.09. The van der Waals surface area contributed by atoms with Crippen molar-refractivity contribution in [3.05, 3.63) is 210 Å². The Morgan fingerprint density at radius 2 is 0.870 bits per heavy atom. The smallest absolute Gasteiger partial charge is 0.252 e. The van der Waals surface area contributed by atoms with Gasteiger partial charge in [-0.05, 0) is 166 Å². The molecule has 0 radical (unpaired) electrons. The Kier molecular flexibility index (Phi) is 11.8. The molecule has 0 spiro atoms. The molecule has 0 saturated carbocycles.